The van der Waals surface area contributed by atoms with E-state index in [0.717, 1.165) is 13.8 Å². The van der Waals surface area contributed by atoms with E-state index in [1.807, 2.05) is 0 Å². The first-order valence-electron chi connectivity index (χ1n) is 10.5. The first-order valence-corrected chi connectivity index (χ1v) is 10.5. The van der Waals surface area contributed by atoms with Gasteiger partial charge in [0.1, 0.15) is 12.7 Å². The fourth-order valence-corrected chi connectivity index (χ4v) is 3.58. The van der Waals surface area contributed by atoms with Crippen LogP contribution in [0.1, 0.15) is 34.6 Å². The fraction of sp³-hybridized carbons (Fsp3) is 0.333. The topological polar surface area (TPSA) is 114 Å². The Balaban J connectivity index is 2.05. The van der Waals surface area contributed by atoms with E-state index in [0.29, 0.717) is 0 Å². The Kier molecular flexibility index (Phi) is 7.98. The Morgan fingerprint density at radius 1 is 0.833 bits per heavy atom. The van der Waals surface area contributed by atoms with Crippen molar-refractivity contribution in [1.29, 1.82) is 0 Å². The van der Waals surface area contributed by atoms with Crippen LogP contribution < -0.4 is 0 Å². The van der Waals surface area contributed by atoms with Gasteiger partial charge in [0.15, 0.2) is 0 Å². The van der Waals surface area contributed by atoms with Crippen LogP contribution in [0.4, 0.5) is 13.2 Å². The normalized spacial score (nSPS) is 23.4. The molecule has 0 aromatic heterocycles. The summed E-state index contributed by atoms with van der Waals surface area (Å²) in [5, 5.41) is 0. The van der Waals surface area contributed by atoms with Crippen molar-refractivity contribution >= 4 is 23.9 Å². The summed E-state index contributed by atoms with van der Waals surface area (Å²) in [6.07, 6.45) is -12.3. The summed E-state index contributed by atoms with van der Waals surface area (Å²) in [6, 6.07) is 14.1. The van der Waals surface area contributed by atoms with Crippen LogP contribution in [-0.4, -0.2) is 60.8 Å². The van der Waals surface area contributed by atoms with Crippen molar-refractivity contribution < 1.29 is 56.0 Å². The van der Waals surface area contributed by atoms with Crippen molar-refractivity contribution in [2.75, 3.05) is 6.61 Å². The molecule has 0 bridgehead atoms. The molecule has 36 heavy (non-hydrogen) atoms. The molecular weight excluding hydrogens is 489 g/mol. The summed E-state index contributed by atoms with van der Waals surface area (Å²) in [6.45, 7) is 0.612. The molecule has 0 radical (unpaired) electrons. The molecule has 2 aromatic rings. The molecule has 0 aliphatic carbocycles. The number of hydrogen-bond acceptors (Lipinski definition) is 9. The third kappa shape index (κ3) is 5.65. The molecule has 192 valence electrons. The van der Waals surface area contributed by atoms with E-state index in [9.17, 15) is 32.3 Å². The summed E-state index contributed by atoms with van der Waals surface area (Å²) in [5.74, 6) is -4.70. The van der Waals surface area contributed by atoms with Crippen LogP contribution in [0.3, 0.4) is 0 Å². The molecule has 1 aliphatic rings. The van der Waals surface area contributed by atoms with Crippen molar-refractivity contribution in [2.24, 2.45) is 0 Å². The zero-order valence-electron chi connectivity index (χ0n) is 19.0. The van der Waals surface area contributed by atoms with Crippen LogP contribution in [0.2, 0.25) is 0 Å². The summed E-state index contributed by atoms with van der Waals surface area (Å²) in [7, 11) is 0. The Labute approximate surface area is 203 Å². The highest BCUT2D eigenvalue weighted by Crippen LogP contribution is 2.49. The molecule has 1 saturated heterocycles. The number of hydrogen-bond donors (Lipinski definition) is 0. The lowest BCUT2D eigenvalue weighted by atomic mass is 9.90. The maximum Gasteiger partial charge on any atom is 0.435 e. The average molecular weight is 510 g/mol. The first-order chi connectivity index (χ1) is 17.0. The van der Waals surface area contributed by atoms with E-state index in [1.54, 1.807) is 6.07 Å². The standard InChI is InChI=1S/C24H21F3O9/c1-14(28)33-19-22(34-15(2)29)35-18(13-32-20(30)16-9-5-3-6-10-16)23(19,24(25,26)27)36-21(31)17-11-7-4-8-12-17/h3-12,18-19,22H,13H2,1-2H3/t18-,19+,22+,23-/m1/s1. The summed E-state index contributed by atoms with van der Waals surface area (Å²) >= 11 is 0. The maximum absolute atomic E-state index is 14.8. The van der Waals surface area contributed by atoms with Crippen LogP contribution in [0.5, 0.6) is 0 Å². The van der Waals surface area contributed by atoms with Gasteiger partial charge in [0.05, 0.1) is 11.1 Å². The second-order valence-corrected chi connectivity index (χ2v) is 7.64. The molecule has 0 unspecified atom stereocenters. The molecule has 1 heterocycles. The number of halogens is 3. The van der Waals surface area contributed by atoms with Gasteiger partial charge in [0.2, 0.25) is 12.4 Å². The third-order valence-corrected chi connectivity index (χ3v) is 5.11. The predicted molar refractivity (Wildman–Crippen MR) is 113 cm³/mol. The number of esters is 4. The van der Waals surface area contributed by atoms with Gasteiger partial charge in [0, 0.05) is 13.8 Å². The zero-order chi connectivity index (χ0) is 26.5. The Bertz CT molecular complexity index is 1100. The van der Waals surface area contributed by atoms with Gasteiger partial charge in [-0.1, -0.05) is 36.4 Å². The van der Waals surface area contributed by atoms with Crippen molar-refractivity contribution in [2.45, 2.75) is 44.1 Å². The largest absolute Gasteiger partial charge is 0.459 e. The van der Waals surface area contributed by atoms with Gasteiger partial charge < -0.3 is 23.7 Å². The van der Waals surface area contributed by atoms with Crippen molar-refractivity contribution in [1.82, 2.24) is 0 Å². The monoisotopic (exact) mass is 510 g/mol. The van der Waals surface area contributed by atoms with Crippen LogP contribution in [0, 0.1) is 0 Å². The van der Waals surface area contributed by atoms with E-state index in [2.05, 4.69) is 0 Å². The smallest absolute Gasteiger partial charge is 0.435 e. The summed E-state index contributed by atoms with van der Waals surface area (Å²) in [4.78, 5) is 48.5. The first kappa shape index (κ1) is 26.7. The number of carbonyl (C=O) groups excluding carboxylic acids is 4. The molecule has 1 aliphatic heterocycles. The highest BCUT2D eigenvalue weighted by Gasteiger charge is 2.76. The molecular formula is C24H21F3O9. The van der Waals surface area contributed by atoms with E-state index < -0.39 is 60.8 Å². The average Bonchev–Trinajstić information content (AvgIpc) is 3.10. The number of ether oxygens (including phenoxy) is 5. The van der Waals surface area contributed by atoms with Crippen molar-refractivity contribution in [3.8, 4) is 0 Å². The van der Waals surface area contributed by atoms with E-state index in [4.69, 9.17) is 23.7 Å². The molecule has 3 rings (SSSR count). The van der Waals surface area contributed by atoms with Gasteiger partial charge in [-0.3, -0.25) is 9.59 Å². The Morgan fingerprint density at radius 3 is 1.81 bits per heavy atom. The second-order valence-electron chi connectivity index (χ2n) is 7.64. The number of rotatable bonds is 7. The highest BCUT2D eigenvalue weighted by molar-refractivity contribution is 5.90. The second kappa shape index (κ2) is 10.8. The fourth-order valence-electron chi connectivity index (χ4n) is 3.58. The number of benzene rings is 2. The number of carbonyl (C=O) groups is 4. The van der Waals surface area contributed by atoms with Crippen LogP contribution in [0.15, 0.2) is 60.7 Å². The quantitative estimate of drug-likeness (QED) is 0.409. The lowest BCUT2D eigenvalue weighted by Gasteiger charge is -2.37. The van der Waals surface area contributed by atoms with Gasteiger partial charge >= 0.3 is 30.1 Å². The SMILES string of the molecule is CC(=O)O[C@H]1O[C@H](COC(=O)c2ccccc2)[C@](OC(=O)c2ccccc2)(C(F)(F)F)[C@H]1OC(C)=O. The van der Waals surface area contributed by atoms with Gasteiger partial charge in [0.25, 0.3) is 5.60 Å². The minimum absolute atomic E-state index is 0.0301. The van der Waals surface area contributed by atoms with Gasteiger partial charge in [-0.05, 0) is 24.3 Å². The molecule has 0 N–H and O–H groups in total. The Hall–Kier alpha value is -3.93. The van der Waals surface area contributed by atoms with E-state index >= 15 is 0 Å². The summed E-state index contributed by atoms with van der Waals surface area (Å²) in [5.41, 5.74) is -3.93. The van der Waals surface area contributed by atoms with Gasteiger partial charge in [-0.25, -0.2) is 9.59 Å². The highest BCUT2D eigenvalue weighted by atomic mass is 19.4. The van der Waals surface area contributed by atoms with Crippen LogP contribution in [-0.2, 0) is 33.3 Å². The lowest BCUT2D eigenvalue weighted by Crippen LogP contribution is -2.64. The molecule has 0 saturated carbocycles. The molecule has 0 amide bonds. The zero-order valence-corrected chi connectivity index (χ0v) is 19.0. The third-order valence-electron chi connectivity index (χ3n) is 5.11. The molecule has 4 atom stereocenters. The van der Waals surface area contributed by atoms with E-state index in [1.165, 1.54) is 54.6 Å². The maximum atomic E-state index is 14.8. The molecule has 2 aromatic carbocycles. The minimum atomic E-state index is -5.45. The van der Waals surface area contributed by atoms with E-state index in [-0.39, 0.29) is 11.1 Å². The minimum Gasteiger partial charge on any atom is -0.459 e. The Morgan fingerprint density at radius 2 is 1.33 bits per heavy atom. The predicted octanol–water partition coefficient (Wildman–Crippen LogP) is 3.22. The number of alkyl halides is 3. The molecule has 9 nitrogen and oxygen atoms in total. The molecule has 1 fully saturated rings. The van der Waals surface area contributed by atoms with Crippen LogP contribution >= 0.6 is 0 Å². The molecule has 0 spiro atoms. The van der Waals surface area contributed by atoms with Gasteiger partial charge in [-0.2, -0.15) is 13.2 Å². The van der Waals surface area contributed by atoms with Crippen molar-refractivity contribution in [3.05, 3.63) is 71.8 Å². The van der Waals surface area contributed by atoms with Gasteiger partial charge in [-0.15, -0.1) is 0 Å². The van der Waals surface area contributed by atoms with Crippen LogP contribution in [0.25, 0.3) is 0 Å². The summed E-state index contributed by atoms with van der Waals surface area (Å²) < 4.78 is 69.2. The van der Waals surface area contributed by atoms with Crippen molar-refractivity contribution in [3.63, 3.8) is 0 Å². The molecule has 12 heteroatoms. The lowest BCUT2D eigenvalue weighted by molar-refractivity contribution is -0.296.